The van der Waals surface area contributed by atoms with Gasteiger partial charge in [-0.3, -0.25) is 4.79 Å². The molecule has 0 spiro atoms. The minimum Gasteiger partial charge on any atom is -0.363 e. The lowest BCUT2D eigenvalue weighted by atomic mass is 10.1. The molecule has 0 radical (unpaired) electrons. The zero-order valence-electron chi connectivity index (χ0n) is 7.69. The van der Waals surface area contributed by atoms with Gasteiger partial charge in [0.2, 0.25) is 5.89 Å². The molecule has 0 aromatic carbocycles. The first-order chi connectivity index (χ1) is 6.75. The van der Waals surface area contributed by atoms with Crippen LogP contribution < -0.4 is 11.1 Å². The molecular formula is C8H12N4O2. The van der Waals surface area contributed by atoms with Gasteiger partial charge < -0.3 is 15.6 Å². The molecule has 1 saturated heterocycles. The minimum absolute atomic E-state index is 0.0435. The summed E-state index contributed by atoms with van der Waals surface area (Å²) in [5, 5.41) is 6.77. The molecule has 1 aliphatic rings. The topological polar surface area (TPSA) is 94.0 Å². The number of carbonyl (C=O) groups excluding carboxylic acids is 1. The van der Waals surface area contributed by atoms with Crippen LogP contribution in [0.25, 0.3) is 0 Å². The summed E-state index contributed by atoms with van der Waals surface area (Å²) >= 11 is 0. The summed E-state index contributed by atoms with van der Waals surface area (Å²) in [4.78, 5) is 14.6. The van der Waals surface area contributed by atoms with E-state index in [1.54, 1.807) is 0 Å². The van der Waals surface area contributed by atoms with Gasteiger partial charge in [-0.25, -0.2) is 0 Å². The number of carbonyl (C=O) groups is 1. The lowest BCUT2D eigenvalue weighted by Gasteiger charge is -2.04. The van der Waals surface area contributed by atoms with Crippen molar-refractivity contribution in [1.29, 1.82) is 0 Å². The Labute approximate surface area is 80.9 Å². The van der Waals surface area contributed by atoms with E-state index in [1.807, 2.05) is 0 Å². The Balaban J connectivity index is 1.98. The molecule has 1 amide bonds. The third kappa shape index (κ3) is 1.90. The average molecular weight is 196 g/mol. The van der Waals surface area contributed by atoms with Crippen molar-refractivity contribution >= 4 is 5.91 Å². The second-order valence-electron chi connectivity index (χ2n) is 3.37. The number of amides is 1. The quantitative estimate of drug-likeness (QED) is 0.677. The molecule has 0 bridgehead atoms. The zero-order valence-corrected chi connectivity index (χ0v) is 7.69. The summed E-state index contributed by atoms with van der Waals surface area (Å²) < 4.78 is 4.89. The average Bonchev–Trinajstić information content (AvgIpc) is 2.75. The van der Waals surface area contributed by atoms with Crippen LogP contribution in [0.5, 0.6) is 0 Å². The smallest absolute Gasteiger partial charge is 0.290 e. The van der Waals surface area contributed by atoms with Crippen LogP contribution in [-0.4, -0.2) is 28.6 Å². The Bertz CT molecular complexity index is 330. The van der Waals surface area contributed by atoms with Crippen molar-refractivity contribution in [3.05, 3.63) is 11.7 Å². The Morgan fingerprint density at radius 3 is 3.14 bits per heavy atom. The number of hydrogen-bond donors (Lipinski definition) is 2. The molecule has 1 unspecified atom stereocenters. The summed E-state index contributed by atoms with van der Waals surface area (Å²) in [6, 6.07) is 0.385. The largest absolute Gasteiger partial charge is 0.363 e. The summed E-state index contributed by atoms with van der Waals surface area (Å²) in [7, 11) is 0. The number of aromatic nitrogens is 2. The van der Waals surface area contributed by atoms with Gasteiger partial charge in [0, 0.05) is 12.5 Å². The maximum atomic E-state index is 10.7. The van der Waals surface area contributed by atoms with Crippen molar-refractivity contribution in [1.82, 2.24) is 15.5 Å². The predicted octanol–water partition coefficient (Wildman–Crippen LogP) is -0.537. The number of rotatable bonds is 3. The third-order valence-corrected chi connectivity index (χ3v) is 2.27. The van der Waals surface area contributed by atoms with Crippen molar-refractivity contribution in [3.63, 3.8) is 0 Å². The molecule has 6 nitrogen and oxygen atoms in total. The molecule has 0 saturated carbocycles. The van der Waals surface area contributed by atoms with E-state index < -0.39 is 5.91 Å². The molecule has 2 heterocycles. The van der Waals surface area contributed by atoms with Gasteiger partial charge in [0.05, 0.1) is 0 Å². The van der Waals surface area contributed by atoms with E-state index in [4.69, 9.17) is 10.3 Å². The van der Waals surface area contributed by atoms with Gasteiger partial charge in [0.1, 0.15) is 0 Å². The van der Waals surface area contributed by atoms with Crippen LogP contribution in [0.3, 0.4) is 0 Å². The molecule has 1 aromatic rings. The van der Waals surface area contributed by atoms with E-state index in [1.165, 1.54) is 6.42 Å². The van der Waals surface area contributed by atoms with Crippen LogP contribution in [-0.2, 0) is 6.42 Å². The zero-order chi connectivity index (χ0) is 9.97. The normalized spacial score (nSPS) is 21.3. The lowest BCUT2D eigenvalue weighted by Crippen LogP contribution is -2.23. The van der Waals surface area contributed by atoms with Gasteiger partial charge in [0.25, 0.3) is 11.7 Å². The highest BCUT2D eigenvalue weighted by molar-refractivity contribution is 5.88. The first-order valence-electron chi connectivity index (χ1n) is 4.61. The second-order valence-corrected chi connectivity index (χ2v) is 3.37. The van der Waals surface area contributed by atoms with Gasteiger partial charge in [-0.15, -0.1) is 0 Å². The van der Waals surface area contributed by atoms with Crippen LogP contribution in [0.1, 0.15) is 29.4 Å². The van der Waals surface area contributed by atoms with Gasteiger partial charge >= 0.3 is 0 Å². The van der Waals surface area contributed by atoms with Crippen molar-refractivity contribution in [2.24, 2.45) is 5.73 Å². The van der Waals surface area contributed by atoms with Crippen LogP contribution in [0.2, 0.25) is 0 Å². The van der Waals surface area contributed by atoms with Crippen LogP contribution in [0, 0.1) is 0 Å². The highest BCUT2D eigenvalue weighted by Crippen LogP contribution is 2.10. The van der Waals surface area contributed by atoms with Crippen LogP contribution in [0.15, 0.2) is 4.52 Å². The van der Waals surface area contributed by atoms with E-state index in [2.05, 4.69) is 15.5 Å². The molecule has 1 fully saturated rings. The fraction of sp³-hybridized carbons (Fsp3) is 0.625. The number of hydrogen-bond acceptors (Lipinski definition) is 5. The van der Waals surface area contributed by atoms with Gasteiger partial charge in [-0.1, -0.05) is 5.16 Å². The van der Waals surface area contributed by atoms with E-state index in [0.29, 0.717) is 18.4 Å². The lowest BCUT2D eigenvalue weighted by molar-refractivity contribution is 0.0987. The SMILES string of the molecule is NC(=O)c1noc(CC2CCCN2)n1. The summed E-state index contributed by atoms with van der Waals surface area (Å²) in [6.07, 6.45) is 2.94. The van der Waals surface area contributed by atoms with Crippen molar-refractivity contribution in [2.45, 2.75) is 25.3 Å². The summed E-state index contributed by atoms with van der Waals surface area (Å²) in [5.41, 5.74) is 5.00. The fourth-order valence-electron chi connectivity index (χ4n) is 1.58. The van der Waals surface area contributed by atoms with E-state index in [9.17, 15) is 4.79 Å². The fourth-order valence-corrected chi connectivity index (χ4v) is 1.58. The Morgan fingerprint density at radius 1 is 1.71 bits per heavy atom. The van der Waals surface area contributed by atoms with Crippen LogP contribution in [0.4, 0.5) is 0 Å². The molecule has 1 aliphatic heterocycles. The first kappa shape index (κ1) is 9.14. The Morgan fingerprint density at radius 2 is 2.57 bits per heavy atom. The summed E-state index contributed by atoms with van der Waals surface area (Å²) in [5.74, 6) is -0.226. The van der Waals surface area contributed by atoms with E-state index in [-0.39, 0.29) is 5.82 Å². The minimum atomic E-state index is -0.653. The Hall–Kier alpha value is -1.43. The maximum Gasteiger partial charge on any atom is 0.290 e. The highest BCUT2D eigenvalue weighted by Gasteiger charge is 2.19. The molecule has 3 N–H and O–H groups in total. The first-order valence-corrected chi connectivity index (χ1v) is 4.61. The molecule has 76 valence electrons. The Kier molecular flexibility index (Phi) is 2.45. The molecule has 2 rings (SSSR count). The van der Waals surface area contributed by atoms with Crippen molar-refractivity contribution < 1.29 is 9.32 Å². The van der Waals surface area contributed by atoms with E-state index in [0.717, 1.165) is 13.0 Å². The molecular weight excluding hydrogens is 184 g/mol. The maximum absolute atomic E-state index is 10.7. The highest BCUT2D eigenvalue weighted by atomic mass is 16.5. The van der Waals surface area contributed by atoms with Gasteiger partial charge in [-0.2, -0.15) is 4.98 Å². The van der Waals surface area contributed by atoms with Crippen LogP contribution >= 0.6 is 0 Å². The summed E-state index contributed by atoms with van der Waals surface area (Å²) in [6.45, 7) is 1.03. The second kappa shape index (κ2) is 3.75. The van der Waals surface area contributed by atoms with Crippen molar-refractivity contribution in [3.8, 4) is 0 Å². The van der Waals surface area contributed by atoms with Crippen molar-refractivity contribution in [2.75, 3.05) is 6.54 Å². The number of nitrogens with one attached hydrogen (secondary N) is 1. The number of nitrogens with zero attached hydrogens (tertiary/aromatic N) is 2. The predicted molar refractivity (Wildman–Crippen MR) is 47.5 cm³/mol. The number of nitrogens with two attached hydrogens (primary N) is 1. The monoisotopic (exact) mass is 196 g/mol. The molecule has 1 atom stereocenters. The molecule has 14 heavy (non-hydrogen) atoms. The third-order valence-electron chi connectivity index (χ3n) is 2.27. The molecule has 1 aromatic heterocycles. The number of primary amides is 1. The van der Waals surface area contributed by atoms with Gasteiger partial charge in [-0.05, 0) is 19.4 Å². The molecule has 6 heteroatoms. The molecule has 0 aliphatic carbocycles. The van der Waals surface area contributed by atoms with E-state index >= 15 is 0 Å². The van der Waals surface area contributed by atoms with Gasteiger partial charge in [0.15, 0.2) is 0 Å². The standard InChI is InChI=1S/C8H12N4O2/c9-7(13)8-11-6(14-12-8)4-5-2-1-3-10-5/h5,10H,1-4H2,(H2,9,13).